The van der Waals surface area contributed by atoms with Crippen LogP contribution in [-0.2, 0) is 0 Å². The van der Waals surface area contributed by atoms with E-state index in [9.17, 15) is 0 Å². The van der Waals surface area contributed by atoms with Crippen LogP contribution in [0.2, 0.25) is 0 Å². The molecule has 0 saturated heterocycles. The summed E-state index contributed by atoms with van der Waals surface area (Å²) in [5, 5.41) is 14.8. The zero-order valence-corrected chi connectivity index (χ0v) is 6.52. The molecule has 0 aromatic heterocycles. The Labute approximate surface area is 85.7 Å². The molecule has 0 heterocycles. The second-order valence-corrected chi connectivity index (χ2v) is 0.224. The van der Waals surface area contributed by atoms with Crippen LogP contribution in [0.15, 0.2) is 0 Å². The van der Waals surface area contributed by atoms with Gasteiger partial charge in [-0.05, 0) is 0 Å². The SMILES string of the molecule is O.O.O.O.O.O=[N+]([O-])[O-].[Dy]. The minimum Gasteiger partial charge on any atom is -0.412 e. The summed E-state index contributed by atoms with van der Waals surface area (Å²) in [5.74, 6) is 0. The van der Waals surface area contributed by atoms with Crippen LogP contribution in [0, 0.1) is 53.5 Å². The van der Waals surface area contributed by atoms with Gasteiger partial charge in [0.1, 0.15) is 0 Å². The van der Waals surface area contributed by atoms with Crippen molar-refractivity contribution in [2.75, 3.05) is 0 Å². The molecular formula is H10DyNO8-. The van der Waals surface area contributed by atoms with E-state index < -0.39 is 5.09 Å². The molecule has 0 aliphatic rings. The Hall–Kier alpha value is 0.273. The molecule has 0 radical (unpaired) electrons. The zero-order valence-electron chi connectivity index (χ0n) is 4.49. The second kappa shape index (κ2) is 59.2. The molecule has 0 spiro atoms. The molecule has 0 aliphatic carbocycles. The van der Waals surface area contributed by atoms with Crippen molar-refractivity contribution in [3.8, 4) is 0 Å². The first-order chi connectivity index (χ1) is 1.73. The molecule has 10 N–H and O–H groups in total. The fourth-order valence-electron chi connectivity index (χ4n) is 0. The fourth-order valence-corrected chi connectivity index (χ4v) is 0. The van der Waals surface area contributed by atoms with Gasteiger partial charge in [-0.1, -0.05) is 0 Å². The summed E-state index contributed by atoms with van der Waals surface area (Å²) in [5.41, 5.74) is 0. The first-order valence-corrected chi connectivity index (χ1v) is 0.548. The third-order valence-corrected chi connectivity index (χ3v) is 0. The van der Waals surface area contributed by atoms with Crippen LogP contribution in [0.25, 0.3) is 0 Å². The molecule has 0 amide bonds. The number of nitrogens with zero attached hydrogens (tertiary/aromatic N) is 1. The first-order valence-electron chi connectivity index (χ1n) is 0.548. The van der Waals surface area contributed by atoms with Crippen LogP contribution >= 0.6 is 0 Å². The molecule has 9 nitrogen and oxygen atoms in total. The Bertz CT molecular complexity index is 32.2. The van der Waals surface area contributed by atoms with E-state index in [4.69, 9.17) is 15.3 Å². The molecule has 0 fully saturated rings. The van der Waals surface area contributed by atoms with E-state index in [-0.39, 0.29) is 65.6 Å². The summed E-state index contributed by atoms with van der Waals surface area (Å²) >= 11 is 0. The topological polar surface area (TPSA) is 224 Å². The van der Waals surface area contributed by atoms with Gasteiger partial charge in [-0.25, -0.2) is 0 Å². The van der Waals surface area contributed by atoms with Crippen molar-refractivity contribution in [1.82, 2.24) is 0 Å². The Morgan fingerprint density at radius 2 is 0.800 bits per heavy atom. The van der Waals surface area contributed by atoms with E-state index in [1.54, 1.807) is 0 Å². The minimum atomic E-state index is -1.75. The van der Waals surface area contributed by atoms with Gasteiger partial charge in [0, 0.05) is 38.2 Å². The van der Waals surface area contributed by atoms with E-state index in [1.165, 1.54) is 0 Å². The standard InChI is InChI=1S/Dy.NO3.5H2O/c;2-1(3)4;;;;;/h;;5*1H2/q;-1;;;;;. The van der Waals surface area contributed by atoms with E-state index in [0.29, 0.717) is 0 Å². The average molecular weight is 315 g/mol. The molecule has 0 rings (SSSR count). The van der Waals surface area contributed by atoms with Gasteiger partial charge in [-0.3, -0.25) is 0 Å². The normalized spacial score (nSPS) is 2.40. The maximum atomic E-state index is 8.25. The molecule has 10 heteroatoms. The molecule has 0 aromatic rings. The van der Waals surface area contributed by atoms with Crippen LogP contribution < -0.4 is 0 Å². The van der Waals surface area contributed by atoms with Crippen molar-refractivity contribution in [3.63, 3.8) is 0 Å². The Balaban J connectivity index is -0.00000000300. The van der Waals surface area contributed by atoms with Gasteiger partial charge in [0.15, 0.2) is 0 Å². The van der Waals surface area contributed by atoms with Crippen LogP contribution in [0.3, 0.4) is 0 Å². The van der Waals surface area contributed by atoms with Crippen molar-refractivity contribution < 1.29 is 70.6 Å². The van der Waals surface area contributed by atoms with Gasteiger partial charge in [0.25, 0.3) is 0 Å². The zero-order chi connectivity index (χ0) is 3.58. The van der Waals surface area contributed by atoms with Crippen LogP contribution in [-0.4, -0.2) is 32.5 Å². The van der Waals surface area contributed by atoms with Crippen LogP contribution in [0.5, 0.6) is 0 Å². The number of rotatable bonds is 0. The van der Waals surface area contributed by atoms with Gasteiger partial charge >= 0.3 is 0 Å². The Morgan fingerprint density at radius 1 is 0.800 bits per heavy atom. The second-order valence-electron chi connectivity index (χ2n) is 0.224. The van der Waals surface area contributed by atoms with Crippen LogP contribution in [0.1, 0.15) is 0 Å². The monoisotopic (exact) mass is 316 g/mol. The predicted molar refractivity (Wildman–Crippen MR) is 28.4 cm³/mol. The molecule has 74 valence electrons. The summed E-state index contributed by atoms with van der Waals surface area (Å²) in [6.45, 7) is 0. The third-order valence-electron chi connectivity index (χ3n) is 0. The van der Waals surface area contributed by atoms with Gasteiger partial charge in [0.2, 0.25) is 0 Å². The third kappa shape index (κ3) is 5880. The van der Waals surface area contributed by atoms with Crippen molar-refractivity contribution >= 4 is 0 Å². The molecule has 0 saturated carbocycles. The molecule has 0 unspecified atom stereocenters. The van der Waals surface area contributed by atoms with Gasteiger partial charge in [0.05, 0.1) is 5.09 Å². The summed E-state index contributed by atoms with van der Waals surface area (Å²) in [6, 6.07) is 0. The summed E-state index contributed by atoms with van der Waals surface area (Å²) < 4.78 is 0. The smallest absolute Gasteiger partial charge is 0.0689 e. The minimum absolute atomic E-state index is 0. The van der Waals surface area contributed by atoms with Crippen molar-refractivity contribution in [2.24, 2.45) is 0 Å². The summed E-state index contributed by atoms with van der Waals surface area (Å²) in [6.07, 6.45) is 0. The fraction of sp³-hybridized carbons (Fsp3) is 0. The van der Waals surface area contributed by atoms with Crippen molar-refractivity contribution in [1.29, 1.82) is 0 Å². The van der Waals surface area contributed by atoms with E-state index in [0.717, 1.165) is 0 Å². The maximum absolute atomic E-state index is 8.25. The first kappa shape index (κ1) is 82.5. The van der Waals surface area contributed by atoms with Gasteiger partial charge in [-0.15, -0.1) is 0 Å². The van der Waals surface area contributed by atoms with E-state index in [2.05, 4.69) is 0 Å². The molecule has 0 bridgehead atoms. The summed E-state index contributed by atoms with van der Waals surface area (Å²) in [7, 11) is 0. The number of hydrogen-bond donors (Lipinski definition) is 0. The maximum Gasteiger partial charge on any atom is 0.0689 e. The molecule has 0 aliphatic heterocycles. The largest absolute Gasteiger partial charge is 0.412 e. The molecule has 10 heavy (non-hydrogen) atoms. The Kier molecular flexibility index (Phi) is 489. The predicted octanol–water partition coefficient (Wildman–Crippen LogP) is -4.36. The van der Waals surface area contributed by atoms with E-state index >= 15 is 0 Å². The quantitative estimate of drug-likeness (QED) is 0.319. The Morgan fingerprint density at radius 3 is 0.800 bits per heavy atom. The summed E-state index contributed by atoms with van der Waals surface area (Å²) in [4.78, 5) is 8.25. The average Bonchev–Trinajstić information content (AvgIpc) is 0.811. The number of hydrogen-bond acceptors (Lipinski definition) is 3. The molecule has 0 aromatic carbocycles. The van der Waals surface area contributed by atoms with Gasteiger partial charge < -0.3 is 42.7 Å². The van der Waals surface area contributed by atoms with Crippen molar-refractivity contribution in [3.05, 3.63) is 15.3 Å². The van der Waals surface area contributed by atoms with E-state index in [1.807, 2.05) is 0 Å². The van der Waals surface area contributed by atoms with Crippen LogP contribution in [0.4, 0.5) is 0 Å². The molecule has 0 atom stereocenters. The van der Waals surface area contributed by atoms with Crippen molar-refractivity contribution in [2.45, 2.75) is 0 Å². The molecular weight excluding hydrogens is 304 g/mol. The van der Waals surface area contributed by atoms with Gasteiger partial charge in [-0.2, -0.15) is 0 Å².